The number of carbonyl (C=O) groups excluding carboxylic acids is 1. The predicted molar refractivity (Wildman–Crippen MR) is 82.8 cm³/mol. The Morgan fingerprint density at radius 2 is 1.91 bits per heavy atom. The third kappa shape index (κ3) is 3.51. The van der Waals surface area contributed by atoms with E-state index in [9.17, 15) is 13.2 Å². The summed E-state index contributed by atoms with van der Waals surface area (Å²) >= 11 is 0. The van der Waals surface area contributed by atoms with E-state index in [0.717, 1.165) is 10.8 Å². The van der Waals surface area contributed by atoms with Crippen molar-refractivity contribution in [1.29, 1.82) is 0 Å². The summed E-state index contributed by atoms with van der Waals surface area (Å²) in [4.78, 5) is 11.5. The fraction of sp³-hybridized carbons (Fsp3) is 0.133. The number of carbonyl (C=O) groups is 1. The normalized spacial score (nSPS) is 12.8. The van der Waals surface area contributed by atoms with Crippen LogP contribution in [0.15, 0.2) is 60.0 Å². The lowest BCUT2D eigenvalue weighted by Gasteiger charge is -2.15. The van der Waals surface area contributed by atoms with Crippen LogP contribution >= 0.6 is 0 Å². The molecule has 2 aromatic rings. The van der Waals surface area contributed by atoms with E-state index in [4.69, 9.17) is 5.21 Å². The molecule has 1 unspecified atom stereocenters. The highest BCUT2D eigenvalue weighted by Crippen LogP contribution is 2.19. The molecule has 3 N–H and O–H groups in total. The first-order valence-corrected chi connectivity index (χ1v) is 8.02. The molecule has 0 aliphatic carbocycles. The number of hydrogen-bond donors (Lipinski definition) is 3. The maximum atomic E-state index is 12.4. The Kier molecular flexibility index (Phi) is 4.92. The van der Waals surface area contributed by atoms with Gasteiger partial charge in [-0.3, -0.25) is 10.0 Å². The molecule has 0 aliphatic heterocycles. The molecule has 0 heterocycles. The summed E-state index contributed by atoms with van der Waals surface area (Å²) in [5.41, 5.74) is 1.44. The molecule has 0 bridgehead atoms. The van der Waals surface area contributed by atoms with Gasteiger partial charge < -0.3 is 0 Å². The fourth-order valence-electron chi connectivity index (χ4n) is 2.04. The predicted octanol–water partition coefficient (Wildman–Crippen LogP) is 1.57. The Morgan fingerprint density at radius 1 is 1.23 bits per heavy atom. The van der Waals surface area contributed by atoms with Crippen molar-refractivity contribution in [2.45, 2.75) is 17.4 Å². The van der Waals surface area contributed by atoms with Gasteiger partial charge in [0.1, 0.15) is 6.04 Å². The summed E-state index contributed by atoms with van der Waals surface area (Å²) in [6, 6.07) is 10.9. The van der Waals surface area contributed by atoms with Crippen LogP contribution in [0.5, 0.6) is 0 Å². The summed E-state index contributed by atoms with van der Waals surface area (Å²) < 4.78 is 27.0. The van der Waals surface area contributed by atoms with Crippen LogP contribution in [-0.2, 0) is 14.8 Å². The molecule has 0 radical (unpaired) electrons. The Hall–Kier alpha value is -2.22. The van der Waals surface area contributed by atoms with E-state index in [1.165, 1.54) is 23.7 Å². The Morgan fingerprint density at radius 3 is 2.55 bits per heavy atom. The molecule has 7 heteroatoms. The van der Waals surface area contributed by atoms with Gasteiger partial charge in [0.15, 0.2) is 0 Å². The molecule has 0 aromatic heterocycles. The highest BCUT2D eigenvalue weighted by molar-refractivity contribution is 7.89. The lowest BCUT2D eigenvalue weighted by Crippen LogP contribution is -2.45. The number of nitrogens with one attached hydrogen (secondary N) is 2. The molecule has 2 rings (SSSR count). The van der Waals surface area contributed by atoms with Gasteiger partial charge in [-0.05, 0) is 29.3 Å². The smallest absolute Gasteiger partial charge is 0.261 e. The summed E-state index contributed by atoms with van der Waals surface area (Å²) in [7, 11) is -3.90. The number of hydroxylamine groups is 1. The zero-order valence-electron chi connectivity index (χ0n) is 11.7. The topological polar surface area (TPSA) is 95.5 Å². The summed E-state index contributed by atoms with van der Waals surface area (Å²) in [5, 5.41) is 10.4. The largest absolute Gasteiger partial charge is 0.289 e. The Bertz CT molecular complexity index is 802. The molecule has 0 fully saturated rings. The second-order valence-electron chi connectivity index (χ2n) is 4.68. The number of hydrogen-bond acceptors (Lipinski definition) is 4. The lowest BCUT2D eigenvalue weighted by molar-refractivity contribution is -0.130. The second-order valence-corrected chi connectivity index (χ2v) is 6.40. The Balaban J connectivity index is 2.34. The van der Waals surface area contributed by atoms with Crippen molar-refractivity contribution >= 4 is 26.7 Å². The van der Waals surface area contributed by atoms with E-state index in [0.29, 0.717) is 0 Å². The standard InChI is InChI=1S/C15H16N2O4S/c1-2-5-14(15(18)16-19)17-22(20,21)13-9-8-11-6-3-4-7-12(11)10-13/h2-4,6-10,14,17,19H,1,5H2,(H,16,18). The van der Waals surface area contributed by atoms with Crippen LogP contribution in [0.1, 0.15) is 6.42 Å². The molecule has 0 saturated heterocycles. The second kappa shape index (κ2) is 6.69. The maximum Gasteiger partial charge on any atom is 0.261 e. The van der Waals surface area contributed by atoms with E-state index < -0.39 is 22.0 Å². The monoisotopic (exact) mass is 320 g/mol. The van der Waals surface area contributed by atoms with Crippen molar-refractivity contribution in [3.05, 3.63) is 55.1 Å². The number of sulfonamides is 1. The van der Waals surface area contributed by atoms with Gasteiger partial charge in [0.25, 0.3) is 5.91 Å². The van der Waals surface area contributed by atoms with Crippen LogP contribution in [0.4, 0.5) is 0 Å². The van der Waals surface area contributed by atoms with Crippen molar-refractivity contribution in [3.8, 4) is 0 Å². The lowest BCUT2D eigenvalue weighted by atomic mass is 10.1. The van der Waals surface area contributed by atoms with Crippen molar-refractivity contribution < 1.29 is 18.4 Å². The number of fused-ring (bicyclic) bond motifs is 1. The van der Waals surface area contributed by atoms with Gasteiger partial charge in [-0.15, -0.1) is 6.58 Å². The summed E-state index contributed by atoms with van der Waals surface area (Å²) in [6.45, 7) is 3.46. The van der Waals surface area contributed by atoms with Crippen molar-refractivity contribution in [1.82, 2.24) is 10.2 Å². The number of benzene rings is 2. The van der Waals surface area contributed by atoms with E-state index in [1.54, 1.807) is 12.1 Å². The van der Waals surface area contributed by atoms with E-state index in [-0.39, 0.29) is 11.3 Å². The van der Waals surface area contributed by atoms with E-state index >= 15 is 0 Å². The van der Waals surface area contributed by atoms with Gasteiger partial charge in [-0.1, -0.05) is 36.4 Å². The first-order valence-electron chi connectivity index (χ1n) is 6.54. The minimum atomic E-state index is -3.90. The van der Waals surface area contributed by atoms with Crippen LogP contribution in [-0.4, -0.2) is 25.6 Å². The first-order chi connectivity index (χ1) is 10.5. The molecule has 22 heavy (non-hydrogen) atoms. The maximum absolute atomic E-state index is 12.4. The average Bonchev–Trinajstić information content (AvgIpc) is 2.53. The molecule has 1 atom stereocenters. The van der Waals surface area contributed by atoms with Crippen molar-refractivity contribution in [2.24, 2.45) is 0 Å². The molecule has 2 aromatic carbocycles. The quantitative estimate of drug-likeness (QED) is 0.428. The van der Waals surface area contributed by atoms with E-state index in [2.05, 4.69) is 11.3 Å². The fourth-order valence-corrected chi connectivity index (χ4v) is 3.29. The van der Waals surface area contributed by atoms with Gasteiger partial charge in [-0.2, -0.15) is 4.72 Å². The van der Waals surface area contributed by atoms with Crippen LogP contribution in [0.3, 0.4) is 0 Å². The SMILES string of the molecule is C=CCC(NS(=O)(=O)c1ccc2ccccc2c1)C(=O)NO. The minimum Gasteiger partial charge on any atom is -0.289 e. The van der Waals surface area contributed by atoms with Crippen LogP contribution in [0, 0.1) is 0 Å². The van der Waals surface area contributed by atoms with Crippen LogP contribution in [0.25, 0.3) is 10.8 Å². The summed E-state index contributed by atoms with van der Waals surface area (Å²) in [5.74, 6) is -0.843. The minimum absolute atomic E-state index is 0.0472. The van der Waals surface area contributed by atoms with E-state index in [1.807, 2.05) is 18.2 Å². The van der Waals surface area contributed by atoms with Gasteiger partial charge >= 0.3 is 0 Å². The zero-order valence-corrected chi connectivity index (χ0v) is 12.5. The molecular weight excluding hydrogens is 304 g/mol. The number of rotatable bonds is 6. The molecule has 0 spiro atoms. The number of amides is 1. The molecule has 116 valence electrons. The van der Waals surface area contributed by atoms with Crippen molar-refractivity contribution in [3.63, 3.8) is 0 Å². The third-order valence-electron chi connectivity index (χ3n) is 3.16. The first kappa shape index (κ1) is 16.2. The van der Waals surface area contributed by atoms with Gasteiger partial charge in [-0.25, -0.2) is 13.9 Å². The highest BCUT2D eigenvalue weighted by Gasteiger charge is 2.24. The van der Waals surface area contributed by atoms with Crippen LogP contribution in [0.2, 0.25) is 0 Å². The molecule has 6 nitrogen and oxygen atoms in total. The van der Waals surface area contributed by atoms with Crippen LogP contribution < -0.4 is 10.2 Å². The molecule has 0 saturated carbocycles. The zero-order chi connectivity index (χ0) is 16.2. The molecule has 1 amide bonds. The summed E-state index contributed by atoms with van der Waals surface area (Å²) in [6.07, 6.45) is 1.45. The molecular formula is C15H16N2O4S. The average molecular weight is 320 g/mol. The van der Waals surface area contributed by atoms with Gasteiger partial charge in [0, 0.05) is 0 Å². The Labute approximate surface area is 128 Å². The third-order valence-corrected chi connectivity index (χ3v) is 4.63. The van der Waals surface area contributed by atoms with Gasteiger partial charge in [0.2, 0.25) is 10.0 Å². The molecule has 0 aliphatic rings. The van der Waals surface area contributed by atoms with Gasteiger partial charge in [0.05, 0.1) is 4.90 Å². The van der Waals surface area contributed by atoms with Crippen molar-refractivity contribution in [2.75, 3.05) is 0 Å². The highest BCUT2D eigenvalue weighted by atomic mass is 32.2.